The SMILES string of the molecule is C=C1C(C)(C)[C@@H]2CC[C@@]1(c1n[nH]c(C3CC3)n1)C2. The molecule has 0 aliphatic heterocycles. The van der Waals surface area contributed by atoms with E-state index in [-0.39, 0.29) is 10.8 Å². The van der Waals surface area contributed by atoms with E-state index in [1.807, 2.05) is 0 Å². The smallest absolute Gasteiger partial charge is 0.160 e. The Balaban J connectivity index is 1.76. The van der Waals surface area contributed by atoms with Gasteiger partial charge in [0.25, 0.3) is 0 Å². The van der Waals surface area contributed by atoms with Gasteiger partial charge in [-0.05, 0) is 43.4 Å². The first-order valence-corrected chi connectivity index (χ1v) is 7.17. The van der Waals surface area contributed by atoms with E-state index in [2.05, 4.69) is 30.6 Å². The summed E-state index contributed by atoms with van der Waals surface area (Å²) >= 11 is 0. The maximum atomic E-state index is 4.81. The van der Waals surface area contributed by atoms with Crippen molar-refractivity contribution in [3.63, 3.8) is 0 Å². The third kappa shape index (κ3) is 1.15. The lowest BCUT2D eigenvalue weighted by molar-refractivity contribution is 0.283. The van der Waals surface area contributed by atoms with Gasteiger partial charge in [0.05, 0.1) is 5.41 Å². The molecule has 2 bridgehead atoms. The molecule has 1 aromatic heterocycles. The molecule has 3 nitrogen and oxygen atoms in total. The van der Waals surface area contributed by atoms with Gasteiger partial charge in [0, 0.05) is 5.92 Å². The summed E-state index contributed by atoms with van der Waals surface area (Å²) in [7, 11) is 0. The number of rotatable bonds is 2. The van der Waals surface area contributed by atoms with Crippen LogP contribution in [0.1, 0.15) is 63.5 Å². The molecular weight excluding hydrogens is 222 g/mol. The second-order valence-corrected chi connectivity index (χ2v) is 7.04. The lowest BCUT2D eigenvalue weighted by Gasteiger charge is -2.36. The fraction of sp³-hybridized carbons (Fsp3) is 0.733. The molecule has 0 spiro atoms. The van der Waals surface area contributed by atoms with Crippen LogP contribution in [0.15, 0.2) is 12.2 Å². The number of nitrogens with zero attached hydrogens (tertiary/aromatic N) is 2. The maximum absolute atomic E-state index is 4.81. The van der Waals surface area contributed by atoms with Gasteiger partial charge in [0.15, 0.2) is 5.82 Å². The van der Waals surface area contributed by atoms with Gasteiger partial charge in [-0.15, -0.1) is 0 Å². The Morgan fingerprint density at radius 2 is 2.06 bits per heavy atom. The molecule has 3 saturated carbocycles. The minimum atomic E-state index is 0.0812. The second kappa shape index (κ2) is 3.06. The summed E-state index contributed by atoms with van der Waals surface area (Å²) in [6.07, 6.45) is 6.26. The number of H-pyrrole nitrogens is 1. The van der Waals surface area contributed by atoms with E-state index in [9.17, 15) is 0 Å². The van der Waals surface area contributed by atoms with E-state index in [4.69, 9.17) is 4.98 Å². The van der Waals surface area contributed by atoms with Crippen LogP contribution in [0.25, 0.3) is 0 Å². The Labute approximate surface area is 108 Å². The number of hydrogen-bond donors (Lipinski definition) is 1. The average molecular weight is 243 g/mol. The summed E-state index contributed by atoms with van der Waals surface area (Å²) < 4.78 is 0. The van der Waals surface area contributed by atoms with Crippen LogP contribution in [0, 0.1) is 11.3 Å². The van der Waals surface area contributed by atoms with Crippen LogP contribution in [-0.2, 0) is 5.41 Å². The molecule has 0 saturated heterocycles. The Morgan fingerprint density at radius 3 is 2.67 bits per heavy atom. The number of fused-ring (bicyclic) bond motifs is 2. The lowest BCUT2D eigenvalue weighted by Crippen LogP contribution is -2.31. The van der Waals surface area contributed by atoms with Crippen molar-refractivity contribution < 1.29 is 0 Å². The summed E-state index contributed by atoms with van der Waals surface area (Å²) in [4.78, 5) is 4.81. The van der Waals surface area contributed by atoms with Crippen molar-refractivity contribution in [2.45, 2.75) is 57.3 Å². The molecule has 3 heteroatoms. The third-order valence-corrected chi connectivity index (χ3v) is 5.79. The molecule has 18 heavy (non-hydrogen) atoms. The molecule has 1 N–H and O–H groups in total. The van der Waals surface area contributed by atoms with E-state index >= 15 is 0 Å². The minimum Gasteiger partial charge on any atom is -0.263 e. The zero-order valence-electron chi connectivity index (χ0n) is 11.3. The number of aromatic nitrogens is 3. The molecule has 0 radical (unpaired) electrons. The molecule has 3 fully saturated rings. The summed E-state index contributed by atoms with van der Waals surface area (Å²) in [6, 6.07) is 0. The van der Waals surface area contributed by atoms with Crippen LogP contribution in [-0.4, -0.2) is 15.2 Å². The minimum absolute atomic E-state index is 0.0812. The Hall–Kier alpha value is -1.12. The Morgan fingerprint density at radius 1 is 1.28 bits per heavy atom. The van der Waals surface area contributed by atoms with E-state index in [1.165, 1.54) is 37.7 Å². The van der Waals surface area contributed by atoms with Crippen molar-refractivity contribution in [3.05, 3.63) is 23.8 Å². The monoisotopic (exact) mass is 243 g/mol. The van der Waals surface area contributed by atoms with Gasteiger partial charge in [-0.2, -0.15) is 5.10 Å². The molecule has 0 unspecified atom stereocenters. The van der Waals surface area contributed by atoms with Gasteiger partial charge in [-0.3, -0.25) is 5.10 Å². The molecule has 0 aromatic carbocycles. The fourth-order valence-electron chi connectivity index (χ4n) is 4.16. The first-order valence-electron chi connectivity index (χ1n) is 7.17. The van der Waals surface area contributed by atoms with Crippen LogP contribution in [0.4, 0.5) is 0 Å². The first-order chi connectivity index (χ1) is 8.54. The Kier molecular flexibility index (Phi) is 1.83. The van der Waals surface area contributed by atoms with E-state index in [0.29, 0.717) is 5.92 Å². The second-order valence-electron chi connectivity index (χ2n) is 7.04. The molecule has 2 atom stereocenters. The average Bonchev–Trinajstić information content (AvgIpc) is 2.86. The summed E-state index contributed by atoms with van der Waals surface area (Å²) in [5.74, 6) is 3.57. The Bertz CT molecular complexity index is 524. The van der Waals surface area contributed by atoms with Crippen LogP contribution in [0.5, 0.6) is 0 Å². The highest BCUT2D eigenvalue weighted by molar-refractivity contribution is 5.39. The zero-order chi connectivity index (χ0) is 12.5. The number of allylic oxidation sites excluding steroid dienone is 1. The molecule has 4 rings (SSSR count). The van der Waals surface area contributed by atoms with Crippen molar-refractivity contribution in [1.82, 2.24) is 15.2 Å². The normalized spacial score (nSPS) is 37.4. The van der Waals surface area contributed by atoms with Crippen molar-refractivity contribution in [2.75, 3.05) is 0 Å². The standard InChI is InChI=1S/C15H21N3/c1-9-14(2,3)11-6-7-15(9,8-11)13-16-12(17-18-13)10-4-5-10/h10-11H,1,4-8H2,2-3H3,(H,16,17,18)/t11-,15-/m1/s1. The van der Waals surface area contributed by atoms with Gasteiger partial charge < -0.3 is 0 Å². The largest absolute Gasteiger partial charge is 0.263 e. The highest BCUT2D eigenvalue weighted by Crippen LogP contribution is 2.65. The zero-order valence-corrected chi connectivity index (χ0v) is 11.3. The number of nitrogens with one attached hydrogen (secondary N) is 1. The molecule has 0 amide bonds. The molecule has 1 heterocycles. The van der Waals surface area contributed by atoms with Crippen molar-refractivity contribution in [2.24, 2.45) is 11.3 Å². The highest BCUT2D eigenvalue weighted by Gasteiger charge is 2.59. The highest BCUT2D eigenvalue weighted by atomic mass is 15.2. The van der Waals surface area contributed by atoms with Crippen molar-refractivity contribution in [3.8, 4) is 0 Å². The van der Waals surface area contributed by atoms with Crippen LogP contribution in [0.3, 0.4) is 0 Å². The van der Waals surface area contributed by atoms with Gasteiger partial charge >= 0.3 is 0 Å². The van der Waals surface area contributed by atoms with Crippen molar-refractivity contribution in [1.29, 1.82) is 0 Å². The summed E-state index contributed by atoms with van der Waals surface area (Å²) in [5.41, 5.74) is 1.71. The first kappa shape index (κ1) is 10.8. The van der Waals surface area contributed by atoms with E-state index < -0.39 is 0 Å². The lowest BCUT2D eigenvalue weighted by atomic mass is 9.68. The van der Waals surface area contributed by atoms with Crippen LogP contribution < -0.4 is 0 Å². The number of aromatic amines is 1. The van der Waals surface area contributed by atoms with Crippen LogP contribution >= 0.6 is 0 Å². The molecule has 96 valence electrons. The fourth-order valence-corrected chi connectivity index (χ4v) is 4.16. The molecule has 1 aromatic rings. The molecular formula is C15H21N3. The topological polar surface area (TPSA) is 41.6 Å². The van der Waals surface area contributed by atoms with E-state index in [1.54, 1.807) is 0 Å². The quantitative estimate of drug-likeness (QED) is 0.810. The predicted molar refractivity (Wildman–Crippen MR) is 70.3 cm³/mol. The third-order valence-electron chi connectivity index (χ3n) is 5.79. The molecule has 3 aliphatic carbocycles. The van der Waals surface area contributed by atoms with Crippen LogP contribution in [0.2, 0.25) is 0 Å². The maximum Gasteiger partial charge on any atom is 0.160 e. The van der Waals surface area contributed by atoms with Gasteiger partial charge in [0.1, 0.15) is 5.82 Å². The molecule has 3 aliphatic rings. The number of hydrogen-bond acceptors (Lipinski definition) is 2. The summed E-state index contributed by atoms with van der Waals surface area (Å²) in [5, 5.41) is 7.72. The van der Waals surface area contributed by atoms with Gasteiger partial charge in [-0.25, -0.2) is 4.98 Å². The van der Waals surface area contributed by atoms with Gasteiger partial charge in [-0.1, -0.05) is 26.0 Å². The predicted octanol–water partition coefficient (Wildman–Crippen LogP) is 3.32. The van der Waals surface area contributed by atoms with E-state index in [0.717, 1.165) is 17.6 Å². The van der Waals surface area contributed by atoms with Gasteiger partial charge in [0.2, 0.25) is 0 Å². The van der Waals surface area contributed by atoms with Crippen molar-refractivity contribution >= 4 is 0 Å². The summed E-state index contributed by atoms with van der Waals surface area (Å²) in [6.45, 7) is 9.10.